The summed E-state index contributed by atoms with van der Waals surface area (Å²) in [5, 5.41) is 0. The summed E-state index contributed by atoms with van der Waals surface area (Å²) in [5.74, 6) is -1.93. The molecule has 7 nitrogen and oxygen atoms in total. The molecule has 2 aliphatic heterocycles. The fourth-order valence-corrected chi connectivity index (χ4v) is 3.62. The van der Waals surface area contributed by atoms with Crippen molar-refractivity contribution in [1.82, 2.24) is 0 Å². The van der Waals surface area contributed by atoms with E-state index in [-0.39, 0.29) is 18.3 Å². The molecule has 3 fully saturated rings. The van der Waals surface area contributed by atoms with Gasteiger partial charge in [-0.05, 0) is 27.7 Å². The van der Waals surface area contributed by atoms with Crippen LogP contribution in [0.15, 0.2) is 0 Å². The van der Waals surface area contributed by atoms with Gasteiger partial charge in [0, 0.05) is 14.0 Å². The fraction of sp³-hybridized carbons (Fsp3) is 0.933. The first-order chi connectivity index (χ1) is 10.1. The topological polar surface area (TPSA) is 72.5 Å². The standard InChI is InChI=1S/C15H24O7/c1-7(16)18-9-8(17-6)10-12(21-14(2,3)19-10)13-11(9)20-15(4,5)22-13/h8-13H,1-6H3/t8-,9-,10+,11+,12+,13+/m1/s1. The molecule has 3 rings (SSSR count). The Kier molecular flexibility index (Phi) is 3.77. The monoisotopic (exact) mass is 316 g/mol. The SMILES string of the molecule is CO[C@@H]1[C@@H](OC(C)=O)[C@@H]2OC(C)(C)O[C@@H]2[C@H]2OC(C)(C)O[C@@H]12. The molecule has 6 atom stereocenters. The van der Waals surface area contributed by atoms with Crippen molar-refractivity contribution in [2.24, 2.45) is 0 Å². The number of methoxy groups -OCH3 is 1. The first-order valence-electron chi connectivity index (χ1n) is 7.55. The van der Waals surface area contributed by atoms with Crippen LogP contribution in [0.5, 0.6) is 0 Å². The molecule has 0 N–H and O–H groups in total. The zero-order valence-corrected chi connectivity index (χ0v) is 13.8. The Hall–Kier alpha value is -0.730. The summed E-state index contributed by atoms with van der Waals surface area (Å²) in [7, 11) is 1.56. The first-order valence-corrected chi connectivity index (χ1v) is 7.55. The Balaban J connectivity index is 1.96. The van der Waals surface area contributed by atoms with Crippen LogP contribution < -0.4 is 0 Å². The highest BCUT2D eigenvalue weighted by molar-refractivity contribution is 5.66. The minimum absolute atomic E-state index is 0.335. The van der Waals surface area contributed by atoms with Crippen molar-refractivity contribution in [3.8, 4) is 0 Å². The van der Waals surface area contributed by atoms with Gasteiger partial charge in [-0.1, -0.05) is 0 Å². The van der Waals surface area contributed by atoms with Gasteiger partial charge >= 0.3 is 5.97 Å². The van der Waals surface area contributed by atoms with E-state index in [4.69, 9.17) is 28.4 Å². The van der Waals surface area contributed by atoms with Crippen LogP contribution in [0, 0.1) is 0 Å². The molecular formula is C15H24O7. The lowest BCUT2D eigenvalue weighted by atomic mass is 9.84. The second kappa shape index (κ2) is 5.14. The molecule has 0 aromatic heterocycles. The van der Waals surface area contributed by atoms with Gasteiger partial charge in [0.2, 0.25) is 0 Å². The third-order valence-electron chi connectivity index (χ3n) is 4.20. The third-order valence-corrected chi connectivity index (χ3v) is 4.20. The molecule has 22 heavy (non-hydrogen) atoms. The number of carbonyl (C=O) groups is 1. The average molecular weight is 316 g/mol. The van der Waals surface area contributed by atoms with E-state index in [1.54, 1.807) is 7.11 Å². The highest BCUT2D eigenvalue weighted by Crippen LogP contribution is 2.46. The van der Waals surface area contributed by atoms with Crippen LogP contribution in [0.2, 0.25) is 0 Å². The van der Waals surface area contributed by atoms with Crippen LogP contribution in [-0.2, 0) is 33.2 Å². The molecule has 2 saturated heterocycles. The molecule has 1 aliphatic carbocycles. The van der Waals surface area contributed by atoms with Crippen LogP contribution >= 0.6 is 0 Å². The maximum Gasteiger partial charge on any atom is 0.303 e. The molecule has 126 valence electrons. The molecule has 0 spiro atoms. The van der Waals surface area contributed by atoms with Crippen LogP contribution in [0.3, 0.4) is 0 Å². The van der Waals surface area contributed by atoms with Crippen molar-refractivity contribution in [3.05, 3.63) is 0 Å². The van der Waals surface area contributed by atoms with Gasteiger partial charge in [-0.3, -0.25) is 4.79 Å². The lowest BCUT2D eigenvalue weighted by Crippen LogP contribution is -2.63. The smallest absolute Gasteiger partial charge is 0.303 e. The maximum atomic E-state index is 11.5. The van der Waals surface area contributed by atoms with Gasteiger partial charge in [-0.25, -0.2) is 0 Å². The summed E-state index contributed by atoms with van der Waals surface area (Å²) in [6, 6.07) is 0. The minimum atomic E-state index is -0.781. The van der Waals surface area contributed by atoms with Gasteiger partial charge in [0.25, 0.3) is 0 Å². The quantitative estimate of drug-likeness (QED) is 0.703. The molecular weight excluding hydrogens is 292 g/mol. The molecule has 0 aromatic rings. The van der Waals surface area contributed by atoms with E-state index < -0.39 is 35.9 Å². The molecule has 0 aromatic carbocycles. The van der Waals surface area contributed by atoms with Gasteiger partial charge in [-0.15, -0.1) is 0 Å². The Morgan fingerprint density at radius 1 is 0.818 bits per heavy atom. The lowest BCUT2D eigenvalue weighted by molar-refractivity contribution is -0.202. The molecule has 2 heterocycles. The van der Waals surface area contributed by atoms with Crippen LogP contribution in [0.1, 0.15) is 34.6 Å². The van der Waals surface area contributed by atoms with E-state index in [0.717, 1.165) is 0 Å². The van der Waals surface area contributed by atoms with Gasteiger partial charge in [0.1, 0.15) is 30.5 Å². The molecule has 0 radical (unpaired) electrons. The van der Waals surface area contributed by atoms with E-state index in [0.29, 0.717) is 0 Å². The van der Waals surface area contributed by atoms with Gasteiger partial charge < -0.3 is 28.4 Å². The van der Waals surface area contributed by atoms with Crippen molar-refractivity contribution in [2.75, 3.05) is 7.11 Å². The first kappa shape index (κ1) is 16.1. The predicted molar refractivity (Wildman–Crippen MR) is 74.0 cm³/mol. The number of carbonyl (C=O) groups excluding carboxylic acids is 1. The third kappa shape index (κ3) is 2.65. The number of hydrogen-bond donors (Lipinski definition) is 0. The van der Waals surface area contributed by atoms with Crippen molar-refractivity contribution in [2.45, 2.75) is 82.8 Å². The summed E-state index contributed by atoms with van der Waals surface area (Å²) >= 11 is 0. The molecule has 3 aliphatic rings. The van der Waals surface area contributed by atoms with Crippen molar-refractivity contribution in [1.29, 1.82) is 0 Å². The van der Waals surface area contributed by atoms with Crippen LogP contribution in [-0.4, -0.2) is 61.3 Å². The number of hydrogen-bond acceptors (Lipinski definition) is 7. The Labute approximate surface area is 130 Å². The maximum absolute atomic E-state index is 11.5. The Morgan fingerprint density at radius 3 is 1.64 bits per heavy atom. The normalized spacial score (nSPS) is 45.2. The molecule has 0 unspecified atom stereocenters. The summed E-state index contributed by atoms with van der Waals surface area (Å²) < 4.78 is 35.0. The van der Waals surface area contributed by atoms with E-state index in [9.17, 15) is 4.79 Å². The Morgan fingerprint density at radius 2 is 1.23 bits per heavy atom. The van der Waals surface area contributed by atoms with Crippen molar-refractivity contribution in [3.63, 3.8) is 0 Å². The molecule has 0 bridgehead atoms. The van der Waals surface area contributed by atoms with Crippen LogP contribution in [0.25, 0.3) is 0 Å². The number of esters is 1. The predicted octanol–water partition coefficient (Wildman–Crippen LogP) is 0.987. The zero-order valence-electron chi connectivity index (χ0n) is 13.8. The Bertz CT molecular complexity index is 461. The second-order valence-corrected chi connectivity index (χ2v) is 6.90. The lowest BCUT2D eigenvalue weighted by Gasteiger charge is -2.41. The molecule has 1 saturated carbocycles. The number of rotatable bonds is 2. The highest BCUT2D eigenvalue weighted by Gasteiger charge is 2.64. The van der Waals surface area contributed by atoms with Gasteiger partial charge in [-0.2, -0.15) is 0 Å². The highest BCUT2D eigenvalue weighted by atomic mass is 16.8. The molecule has 0 amide bonds. The van der Waals surface area contributed by atoms with Crippen LogP contribution in [0.4, 0.5) is 0 Å². The minimum Gasteiger partial charge on any atom is -0.457 e. The summed E-state index contributed by atoms with van der Waals surface area (Å²) in [6.07, 6.45) is -2.63. The summed E-state index contributed by atoms with van der Waals surface area (Å²) in [4.78, 5) is 11.5. The summed E-state index contributed by atoms with van der Waals surface area (Å²) in [5.41, 5.74) is 0. The number of fused-ring (bicyclic) bond motifs is 3. The van der Waals surface area contributed by atoms with Gasteiger partial charge in [0.05, 0.1) is 0 Å². The van der Waals surface area contributed by atoms with Crippen molar-refractivity contribution < 1.29 is 33.2 Å². The van der Waals surface area contributed by atoms with E-state index in [1.165, 1.54) is 6.92 Å². The average Bonchev–Trinajstić information content (AvgIpc) is 2.84. The van der Waals surface area contributed by atoms with E-state index >= 15 is 0 Å². The largest absolute Gasteiger partial charge is 0.457 e. The molecule has 7 heteroatoms. The zero-order chi connectivity index (χ0) is 16.3. The van der Waals surface area contributed by atoms with E-state index in [1.807, 2.05) is 27.7 Å². The second-order valence-electron chi connectivity index (χ2n) is 6.90. The van der Waals surface area contributed by atoms with E-state index in [2.05, 4.69) is 0 Å². The summed E-state index contributed by atoms with van der Waals surface area (Å²) in [6.45, 7) is 8.70. The van der Waals surface area contributed by atoms with Crippen molar-refractivity contribution >= 4 is 5.97 Å². The van der Waals surface area contributed by atoms with Gasteiger partial charge in [0.15, 0.2) is 17.7 Å². The number of ether oxygens (including phenoxy) is 6. The fourth-order valence-electron chi connectivity index (χ4n) is 3.62.